The van der Waals surface area contributed by atoms with Gasteiger partial charge in [-0.05, 0) is 42.0 Å². The molecule has 4 rings (SSSR count). The van der Waals surface area contributed by atoms with E-state index in [1.807, 2.05) is 36.4 Å². The van der Waals surface area contributed by atoms with E-state index < -0.39 is 4.92 Å². The zero-order chi connectivity index (χ0) is 20.4. The summed E-state index contributed by atoms with van der Waals surface area (Å²) in [5.41, 5.74) is 1.51. The quantitative estimate of drug-likeness (QED) is 0.317. The maximum Gasteiger partial charge on any atom is 0.271 e. The first-order valence-electron chi connectivity index (χ1n) is 8.73. The Morgan fingerprint density at radius 3 is 2.48 bits per heavy atom. The van der Waals surface area contributed by atoms with Crippen molar-refractivity contribution in [3.8, 4) is 5.69 Å². The van der Waals surface area contributed by atoms with Gasteiger partial charge < -0.3 is 0 Å². The predicted octanol–water partition coefficient (Wildman–Crippen LogP) is 5.23. The Balaban J connectivity index is 1.94. The molecule has 0 amide bonds. The van der Waals surface area contributed by atoms with E-state index in [1.54, 1.807) is 36.4 Å². The number of hydrogen-bond acceptors (Lipinski definition) is 4. The van der Waals surface area contributed by atoms with Crippen LogP contribution in [0.4, 0.5) is 5.69 Å². The SMILES string of the molecule is O=c1c2ccccc2nc(C=Cc2ccc(Br)cc2)n1-c1cccc([N+](=O)[O-])c1. The highest BCUT2D eigenvalue weighted by atomic mass is 79.9. The highest BCUT2D eigenvalue weighted by molar-refractivity contribution is 9.10. The summed E-state index contributed by atoms with van der Waals surface area (Å²) < 4.78 is 2.36. The van der Waals surface area contributed by atoms with E-state index >= 15 is 0 Å². The van der Waals surface area contributed by atoms with Crippen LogP contribution in [0.25, 0.3) is 28.7 Å². The van der Waals surface area contributed by atoms with E-state index in [0.717, 1.165) is 10.0 Å². The van der Waals surface area contributed by atoms with Gasteiger partial charge in [-0.25, -0.2) is 4.98 Å². The molecular weight excluding hydrogens is 434 g/mol. The van der Waals surface area contributed by atoms with Gasteiger partial charge in [-0.3, -0.25) is 19.5 Å². The number of halogens is 1. The molecule has 0 radical (unpaired) electrons. The number of non-ortho nitro benzene ring substituents is 1. The normalized spacial score (nSPS) is 11.2. The van der Waals surface area contributed by atoms with Crippen LogP contribution in [0, 0.1) is 10.1 Å². The lowest BCUT2D eigenvalue weighted by atomic mass is 10.2. The van der Waals surface area contributed by atoms with Crippen molar-refractivity contribution in [1.82, 2.24) is 9.55 Å². The lowest BCUT2D eigenvalue weighted by molar-refractivity contribution is -0.384. The number of nitrogens with zero attached hydrogens (tertiary/aromatic N) is 3. The van der Waals surface area contributed by atoms with Gasteiger partial charge >= 0.3 is 0 Å². The Labute approximate surface area is 174 Å². The number of fused-ring (bicyclic) bond motifs is 1. The van der Waals surface area contributed by atoms with Gasteiger partial charge in [0.1, 0.15) is 5.82 Å². The first-order chi connectivity index (χ1) is 14.0. The first-order valence-corrected chi connectivity index (χ1v) is 9.52. The Kier molecular flexibility index (Phi) is 5.05. The first kappa shape index (κ1) is 18.8. The Morgan fingerprint density at radius 1 is 0.966 bits per heavy atom. The fraction of sp³-hybridized carbons (Fsp3) is 0. The molecule has 6 nitrogen and oxygen atoms in total. The number of rotatable bonds is 4. The molecule has 0 aliphatic heterocycles. The van der Waals surface area contributed by atoms with E-state index in [-0.39, 0.29) is 11.2 Å². The molecule has 0 saturated heterocycles. The van der Waals surface area contributed by atoms with Crippen LogP contribution in [-0.2, 0) is 0 Å². The van der Waals surface area contributed by atoms with Gasteiger partial charge in [-0.15, -0.1) is 0 Å². The zero-order valence-corrected chi connectivity index (χ0v) is 16.6. The average molecular weight is 448 g/mol. The molecular formula is C22H14BrN3O3. The summed E-state index contributed by atoms with van der Waals surface area (Å²) in [4.78, 5) is 28.5. The third-order valence-corrected chi connectivity index (χ3v) is 4.92. The fourth-order valence-electron chi connectivity index (χ4n) is 3.00. The van der Waals surface area contributed by atoms with Crippen molar-refractivity contribution >= 4 is 44.7 Å². The molecule has 0 aliphatic rings. The van der Waals surface area contributed by atoms with Crippen LogP contribution in [0.2, 0.25) is 0 Å². The van der Waals surface area contributed by atoms with E-state index in [1.165, 1.54) is 16.7 Å². The standard InChI is InChI=1S/C22H14BrN3O3/c23-16-11-8-15(9-12-16)10-13-21-24-20-7-2-1-6-19(20)22(27)25(21)17-4-3-5-18(14-17)26(28)29/h1-14H. The van der Waals surface area contributed by atoms with E-state index in [9.17, 15) is 14.9 Å². The molecule has 0 aliphatic carbocycles. The van der Waals surface area contributed by atoms with Gasteiger partial charge in [0.2, 0.25) is 0 Å². The average Bonchev–Trinajstić information content (AvgIpc) is 2.73. The van der Waals surface area contributed by atoms with Crippen molar-refractivity contribution in [3.63, 3.8) is 0 Å². The van der Waals surface area contributed by atoms with Gasteiger partial charge in [-0.2, -0.15) is 0 Å². The molecule has 4 aromatic rings. The predicted molar refractivity (Wildman–Crippen MR) is 117 cm³/mol. The summed E-state index contributed by atoms with van der Waals surface area (Å²) in [6.07, 6.45) is 3.58. The number of aromatic nitrogens is 2. The molecule has 0 N–H and O–H groups in total. The highest BCUT2D eigenvalue weighted by Crippen LogP contribution is 2.20. The second-order valence-corrected chi connectivity index (χ2v) is 7.21. The Bertz CT molecular complexity index is 1310. The van der Waals surface area contributed by atoms with Crippen LogP contribution in [0.1, 0.15) is 11.4 Å². The minimum Gasteiger partial charge on any atom is -0.268 e. The summed E-state index contributed by atoms with van der Waals surface area (Å²) in [6, 6.07) is 20.7. The minimum atomic E-state index is -0.486. The smallest absolute Gasteiger partial charge is 0.268 e. The van der Waals surface area contributed by atoms with Gasteiger partial charge in [0, 0.05) is 16.6 Å². The Hall–Kier alpha value is -3.58. The van der Waals surface area contributed by atoms with E-state index in [0.29, 0.717) is 22.4 Å². The fourth-order valence-corrected chi connectivity index (χ4v) is 3.27. The molecule has 1 heterocycles. The number of benzene rings is 3. The number of para-hydroxylation sites is 1. The van der Waals surface area contributed by atoms with Gasteiger partial charge in [-0.1, -0.05) is 52.3 Å². The summed E-state index contributed by atoms with van der Waals surface area (Å²) >= 11 is 3.40. The van der Waals surface area contributed by atoms with Gasteiger partial charge in [0.25, 0.3) is 11.2 Å². The van der Waals surface area contributed by atoms with Gasteiger partial charge in [0.15, 0.2) is 0 Å². The van der Waals surface area contributed by atoms with Crippen LogP contribution in [0.15, 0.2) is 82.1 Å². The second kappa shape index (κ2) is 7.81. The second-order valence-electron chi connectivity index (χ2n) is 6.29. The minimum absolute atomic E-state index is 0.0922. The summed E-state index contributed by atoms with van der Waals surface area (Å²) in [5, 5.41) is 11.6. The van der Waals surface area contributed by atoms with Crippen molar-refractivity contribution in [2.75, 3.05) is 0 Å². The zero-order valence-electron chi connectivity index (χ0n) is 15.0. The highest BCUT2D eigenvalue weighted by Gasteiger charge is 2.14. The van der Waals surface area contributed by atoms with Crippen LogP contribution < -0.4 is 5.56 Å². The molecule has 0 fully saturated rings. The van der Waals surface area contributed by atoms with Crippen LogP contribution in [0.3, 0.4) is 0 Å². The van der Waals surface area contributed by atoms with Crippen molar-refractivity contribution < 1.29 is 4.92 Å². The molecule has 0 saturated carbocycles. The summed E-state index contributed by atoms with van der Waals surface area (Å²) in [6.45, 7) is 0. The third kappa shape index (κ3) is 3.86. The van der Waals surface area contributed by atoms with Crippen molar-refractivity contribution in [1.29, 1.82) is 0 Å². The molecule has 0 spiro atoms. The van der Waals surface area contributed by atoms with Crippen LogP contribution >= 0.6 is 15.9 Å². The topological polar surface area (TPSA) is 78.0 Å². The maximum atomic E-state index is 13.2. The molecule has 0 atom stereocenters. The molecule has 1 aromatic heterocycles. The van der Waals surface area contributed by atoms with E-state index in [2.05, 4.69) is 20.9 Å². The molecule has 7 heteroatoms. The molecule has 3 aromatic carbocycles. The lowest BCUT2D eigenvalue weighted by Crippen LogP contribution is -2.22. The summed E-state index contributed by atoms with van der Waals surface area (Å²) in [7, 11) is 0. The van der Waals surface area contributed by atoms with Crippen LogP contribution in [-0.4, -0.2) is 14.5 Å². The molecule has 29 heavy (non-hydrogen) atoms. The van der Waals surface area contributed by atoms with Crippen molar-refractivity contribution in [3.05, 3.63) is 109 Å². The number of hydrogen-bond donors (Lipinski definition) is 0. The third-order valence-electron chi connectivity index (χ3n) is 4.40. The van der Waals surface area contributed by atoms with Gasteiger partial charge in [0.05, 0.1) is 21.5 Å². The maximum absolute atomic E-state index is 13.2. The monoisotopic (exact) mass is 447 g/mol. The van der Waals surface area contributed by atoms with E-state index in [4.69, 9.17) is 0 Å². The number of nitro benzene ring substituents is 1. The molecule has 142 valence electrons. The molecule has 0 bridgehead atoms. The Morgan fingerprint density at radius 2 is 1.72 bits per heavy atom. The van der Waals surface area contributed by atoms with Crippen LogP contribution in [0.5, 0.6) is 0 Å². The molecule has 0 unspecified atom stereocenters. The van der Waals surface area contributed by atoms with Crippen molar-refractivity contribution in [2.24, 2.45) is 0 Å². The largest absolute Gasteiger partial charge is 0.271 e. The van der Waals surface area contributed by atoms with Crippen molar-refractivity contribution in [2.45, 2.75) is 0 Å². The number of nitro groups is 1. The summed E-state index contributed by atoms with van der Waals surface area (Å²) in [5.74, 6) is 0.386. The lowest BCUT2D eigenvalue weighted by Gasteiger charge is -2.11.